The predicted molar refractivity (Wildman–Crippen MR) is 110 cm³/mol. The van der Waals surface area contributed by atoms with E-state index in [4.69, 9.17) is 0 Å². The third kappa shape index (κ3) is 5.10. The number of anilines is 2. The van der Waals surface area contributed by atoms with Crippen molar-refractivity contribution in [2.75, 3.05) is 10.9 Å². The van der Waals surface area contributed by atoms with Gasteiger partial charge in [0, 0.05) is 6.07 Å². The van der Waals surface area contributed by atoms with Crippen molar-refractivity contribution in [3.05, 3.63) is 92.0 Å². The fourth-order valence-corrected chi connectivity index (χ4v) is 2.57. The Kier molecular flexibility index (Phi) is 6.63. The lowest BCUT2D eigenvalue weighted by molar-refractivity contribution is -0.385. The Morgan fingerprint density at radius 1 is 0.788 bits per heavy atom. The topological polar surface area (TPSA) is 194 Å². The van der Waals surface area contributed by atoms with Crippen LogP contribution in [0.25, 0.3) is 0 Å². The van der Waals surface area contributed by atoms with Crippen molar-refractivity contribution in [3.8, 4) is 0 Å². The average Bonchev–Trinajstić information content (AvgIpc) is 2.81. The van der Waals surface area contributed by atoms with E-state index in [2.05, 4.69) is 31.7 Å². The predicted octanol–water partition coefficient (Wildman–Crippen LogP) is 1.95. The van der Waals surface area contributed by atoms with Crippen molar-refractivity contribution >= 4 is 34.8 Å². The summed E-state index contributed by atoms with van der Waals surface area (Å²) in [6, 6.07) is 10.1. The highest BCUT2D eigenvalue weighted by Crippen LogP contribution is 2.28. The van der Waals surface area contributed by atoms with Gasteiger partial charge in [-0.1, -0.05) is 24.3 Å². The number of carbonyl (C=O) groups excluding carboxylic acids is 2. The summed E-state index contributed by atoms with van der Waals surface area (Å²) >= 11 is 0. The number of amides is 2. The van der Waals surface area contributed by atoms with Crippen LogP contribution in [0.15, 0.2) is 54.9 Å². The molecular formula is C18H13FN8O6. The van der Waals surface area contributed by atoms with E-state index >= 15 is 0 Å². The number of para-hydroxylation sites is 1. The molecule has 0 saturated heterocycles. The van der Waals surface area contributed by atoms with Crippen LogP contribution in [0.3, 0.4) is 0 Å². The summed E-state index contributed by atoms with van der Waals surface area (Å²) in [4.78, 5) is 52.7. The fourth-order valence-electron chi connectivity index (χ4n) is 2.57. The first-order chi connectivity index (χ1) is 15.8. The normalized spacial score (nSPS) is 10.1. The molecule has 0 saturated carbocycles. The second-order valence-electron chi connectivity index (χ2n) is 6.09. The number of nitrogens with one attached hydrogen (secondary N) is 4. The number of hydrazine groups is 2. The van der Waals surface area contributed by atoms with Crippen molar-refractivity contribution in [1.82, 2.24) is 20.8 Å². The Balaban J connectivity index is 1.77. The van der Waals surface area contributed by atoms with Crippen LogP contribution in [0.4, 0.5) is 27.4 Å². The molecule has 0 fully saturated rings. The summed E-state index contributed by atoms with van der Waals surface area (Å²) in [6.45, 7) is 0. The number of aromatic nitrogens is 2. The first-order valence-corrected chi connectivity index (χ1v) is 8.89. The maximum atomic E-state index is 13.7. The molecule has 0 bridgehead atoms. The molecule has 4 N–H and O–H groups in total. The minimum atomic E-state index is -0.961. The highest BCUT2D eigenvalue weighted by Gasteiger charge is 2.25. The molecule has 0 aliphatic heterocycles. The van der Waals surface area contributed by atoms with Gasteiger partial charge in [-0.3, -0.25) is 51.5 Å². The summed E-state index contributed by atoms with van der Waals surface area (Å²) in [5, 5.41) is 22.6. The molecule has 33 heavy (non-hydrogen) atoms. The number of rotatable bonds is 8. The van der Waals surface area contributed by atoms with E-state index < -0.39 is 50.5 Å². The molecule has 2 aromatic carbocycles. The Morgan fingerprint density at radius 2 is 1.30 bits per heavy atom. The molecule has 168 valence electrons. The summed E-state index contributed by atoms with van der Waals surface area (Å²) in [5.74, 6) is -3.68. The lowest BCUT2D eigenvalue weighted by Gasteiger charge is -2.12. The Bertz CT molecular complexity index is 1250. The zero-order valence-electron chi connectivity index (χ0n) is 16.3. The molecule has 1 heterocycles. The highest BCUT2D eigenvalue weighted by atomic mass is 19.1. The second-order valence-corrected chi connectivity index (χ2v) is 6.09. The summed E-state index contributed by atoms with van der Waals surface area (Å²) in [6.07, 6.45) is 0.879. The largest absolute Gasteiger partial charge is 0.356 e. The average molecular weight is 456 g/mol. The van der Waals surface area contributed by atoms with Gasteiger partial charge in [-0.2, -0.15) is 0 Å². The van der Waals surface area contributed by atoms with Crippen LogP contribution >= 0.6 is 0 Å². The zero-order chi connectivity index (χ0) is 24.0. The molecule has 3 rings (SSSR count). The lowest BCUT2D eigenvalue weighted by atomic mass is 10.2. The van der Waals surface area contributed by atoms with Gasteiger partial charge in [0.05, 0.1) is 15.4 Å². The summed E-state index contributed by atoms with van der Waals surface area (Å²) < 4.78 is 13.7. The fraction of sp³-hybridized carbons (Fsp3) is 0. The van der Waals surface area contributed by atoms with Gasteiger partial charge in [0.25, 0.3) is 17.5 Å². The monoisotopic (exact) mass is 456 g/mol. The molecule has 1 aromatic heterocycles. The van der Waals surface area contributed by atoms with Gasteiger partial charge < -0.3 is 0 Å². The van der Waals surface area contributed by atoms with Crippen molar-refractivity contribution in [2.45, 2.75) is 0 Å². The number of nitro benzene ring substituents is 1. The standard InChI is InChI=1S/C18H13FN8O6/c19-12-7-3-1-5-10(12)17(28)24-22-15-14(27(32)33)16(21-9-20-15)23-25-18(29)11-6-2-4-8-13(11)26(30)31/h1-9H,(H,24,28)(H,25,29)(H2,20,21,22,23). The van der Waals surface area contributed by atoms with Crippen LogP contribution in [-0.2, 0) is 0 Å². The van der Waals surface area contributed by atoms with Crippen molar-refractivity contribution < 1.29 is 23.8 Å². The summed E-state index contributed by atoms with van der Waals surface area (Å²) in [7, 11) is 0. The van der Waals surface area contributed by atoms with Gasteiger partial charge in [0.15, 0.2) is 0 Å². The first kappa shape index (κ1) is 22.5. The van der Waals surface area contributed by atoms with Gasteiger partial charge in [-0.25, -0.2) is 14.4 Å². The third-order valence-electron chi connectivity index (χ3n) is 4.06. The van der Waals surface area contributed by atoms with E-state index in [0.717, 1.165) is 18.5 Å². The molecule has 0 aliphatic rings. The Hall–Kier alpha value is -5.21. The van der Waals surface area contributed by atoms with Crippen LogP contribution < -0.4 is 21.7 Å². The van der Waals surface area contributed by atoms with E-state index in [1.54, 1.807) is 0 Å². The van der Waals surface area contributed by atoms with Crippen molar-refractivity contribution in [2.24, 2.45) is 0 Å². The molecule has 14 nitrogen and oxygen atoms in total. The minimum absolute atomic E-state index is 0.304. The third-order valence-corrected chi connectivity index (χ3v) is 4.06. The molecule has 0 aliphatic carbocycles. The maximum absolute atomic E-state index is 13.7. The van der Waals surface area contributed by atoms with E-state index in [-0.39, 0.29) is 11.1 Å². The van der Waals surface area contributed by atoms with Gasteiger partial charge in [-0.05, 0) is 18.2 Å². The molecule has 0 atom stereocenters. The second kappa shape index (κ2) is 9.73. The van der Waals surface area contributed by atoms with Crippen LogP contribution in [-0.4, -0.2) is 31.6 Å². The van der Waals surface area contributed by atoms with Crippen LogP contribution in [0.5, 0.6) is 0 Å². The van der Waals surface area contributed by atoms with Crippen molar-refractivity contribution in [1.29, 1.82) is 0 Å². The van der Waals surface area contributed by atoms with E-state index in [1.807, 2.05) is 0 Å². The smallest absolute Gasteiger partial charge is 0.276 e. The quantitative estimate of drug-likeness (QED) is 0.287. The maximum Gasteiger partial charge on any atom is 0.356 e. The molecule has 2 amide bonds. The van der Waals surface area contributed by atoms with E-state index in [9.17, 15) is 34.2 Å². The molecule has 0 unspecified atom stereocenters. The lowest BCUT2D eigenvalue weighted by Crippen LogP contribution is -2.32. The van der Waals surface area contributed by atoms with E-state index in [0.29, 0.717) is 0 Å². The number of carbonyl (C=O) groups is 2. The SMILES string of the molecule is O=C(NNc1ncnc(NNC(=O)c2ccccc2[N+](=O)[O-])c1[N+](=O)[O-])c1ccccc1F. The zero-order valence-corrected chi connectivity index (χ0v) is 16.3. The molecule has 0 spiro atoms. The Morgan fingerprint density at radius 3 is 1.85 bits per heavy atom. The highest BCUT2D eigenvalue weighted by molar-refractivity contribution is 5.99. The van der Waals surface area contributed by atoms with Crippen LogP contribution in [0.2, 0.25) is 0 Å². The van der Waals surface area contributed by atoms with Crippen LogP contribution in [0, 0.1) is 26.0 Å². The van der Waals surface area contributed by atoms with Crippen molar-refractivity contribution in [3.63, 3.8) is 0 Å². The van der Waals surface area contributed by atoms with Gasteiger partial charge >= 0.3 is 5.69 Å². The number of hydrogen-bond acceptors (Lipinski definition) is 10. The number of nitrogens with zero attached hydrogens (tertiary/aromatic N) is 4. The number of halogens is 1. The van der Waals surface area contributed by atoms with E-state index in [1.165, 1.54) is 36.4 Å². The molecule has 3 aromatic rings. The molecular weight excluding hydrogens is 443 g/mol. The first-order valence-electron chi connectivity index (χ1n) is 8.89. The minimum Gasteiger partial charge on any atom is -0.276 e. The number of hydrogen-bond donors (Lipinski definition) is 4. The number of nitro groups is 2. The number of benzene rings is 2. The van der Waals surface area contributed by atoms with Gasteiger partial charge in [0.2, 0.25) is 11.6 Å². The van der Waals surface area contributed by atoms with Crippen LogP contribution in [0.1, 0.15) is 20.7 Å². The molecule has 0 radical (unpaired) electrons. The summed E-state index contributed by atoms with van der Waals surface area (Å²) in [5.41, 5.74) is 6.67. The van der Waals surface area contributed by atoms with Gasteiger partial charge in [-0.15, -0.1) is 0 Å². The van der Waals surface area contributed by atoms with Gasteiger partial charge in [0.1, 0.15) is 17.7 Å². The molecule has 15 heteroatoms. The Labute approximate surface area is 183 Å².